The summed E-state index contributed by atoms with van der Waals surface area (Å²) in [6, 6.07) is -1.09. The van der Waals surface area contributed by atoms with Gasteiger partial charge in [-0.15, -0.1) is 30.7 Å². The number of carboxylic acids is 1. The molecule has 0 aliphatic carbocycles. The molecule has 0 aromatic rings. The van der Waals surface area contributed by atoms with Gasteiger partial charge in [-0.05, 0) is 19.8 Å². The highest BCUT2D eigenvalue weighted by atomic mass is 35.5. The molecule has 0 saturated carbocycles. The summed E-state index contributed by atoms with van der Waals surface area (Å²) in [5.41, 5.74) is 10.8. The molecule has 0 fully saturated rings. The van der Waals surface area contributed by atoms with Gasteiger partial charge in [0.2, 0.25) is 0 Å². The summed E-state index contributed by atoms with van der Waals surface area (Å²) in [6.07, 6.45) is 0.888. The van der Waals surface area contributed by atoms with E-state index < -0.39 is 12.0 Å². The first kappa shape index (κ1) is 19.2. The van der Waals surface area contributed by atoms with E-state index in [0.717, 1.165) is 0 Å². The van der Waals surface area contributed by atoms with Crippen molar-refractivity contribution in [2.45, 2.75) is 31.8 Å². The van der Waals surface area contributed by atoms with E-state index in [2.05, 4.69) is 11.8 Å². The second-order valence-corrected chi connectivity index (χ2v) is 2.52. The van der Waals surface area contributed by atoms with Crippen LogP contribution in [0.25, 0.3) is 0 Å². The van der Waals surface area contributed by atoms with Crippen LogP contribution in [0.3, 0.4) is 0 Å². The first-order valence-electron chi connectivity index (χ1n) is 3.74. The van der Waals surface area contributed by atoms with E-state index in [1.807, 2.05) is 0 Å². The topological polar surface area (TPSA) is 89.3 Å². The third kappa shape index (κ3) is 9.62. The number of hydrogen-bond donors (Lipinski definition) is 3. The van der Waals surface area contributed by atoms with Crippen molar-refractivity contribution in [1.29, 1.82) is 0 Å². The second kappa shape index (κ2) is 10.6. The molecule has 14 heavy (non-hydrogen) atoms. The molecule has 0 aliphatic heterocycles. The van der Waals surface area contributed by atoms with E-state index in [4.69, 9.17) is 16.6 Å². The maximum absolute atomic E-state index is 10.3. The van der Waals surface area contributed by atoms with Crippen LogP contribution in [0.4, 0.5) is 0 Å². The SMILES string of the molecule is CC#CC(N)CCC(N)C(=O)O.Cl.Cl. The van der Waals surface area contributed by atoms with Gasteiger partial charge in [0.1, 0.15) is 6.04 Å². The lowest BCUT2D eigenvalue weighted by atomic mass is 10.1. The van der Waals surface area contributed by atoms with Gasteiger partial charge in [-0.25, -0.2) is 0 Å². The minimum absolute atomic E-state index is 0. The van der Waals surface area contributed by atoms with Crippen molar-refractivity contribution in [1.82, 2.24) is 0 Å². The highest BCUT2D eigenvalue weighted by Gasteiger charge is 2.11. The number of halogens is 2. The molecule has 4 nitrogen and oxygen atoms in total. The molecule has 0 saturated heterocycles. The molecule has 0 radical (unpaired) electrons. The summed E-state index contributed by atoms with van der Waals surface area (Å²) in [6.45, 7) is 1.69. The van der Waals surface area contributed by atoms with Crippen LogP contribution in [0.2, 0.25) is 0 Å². The van der Waals surface area contributed by atoms with Crippen molar-refractivity contribution in [3.63, 3.8) is 0 Å². The lowest BCUT2D eigenvalue weighted by Gasteiger charge is -2.07. The van der Waals surface area contributed by atoms with E-state index >= 15 is 0 Å². The van der Waals surface area contributed by atoms with Gasteiger partial charge in [0, 0.05) is 0 Å². The van der Waals surface area contributed by atoms with E-state index in [0.29, 0.717) is 12.8 Å². The van der Waals surface area contributed by atoms with Crippen LogP contribution in [-0.4, -0.2) is 23.2 Å². The Morgan fingerprint density at radius 2 is 1.86 bits per heavy atom. The number of nitrogens with two attached hydrogens (primary N) is 2. The average molecular weight is 243 g/mol. The van der Waals surface area contributed by atoms with Crippen LogP contribution in [0.5, 0.6) is 0 Å². The Balaban J connectivity index is -0.000000605. The van der Waals surface area contributed by atoms with Gasteiger partial charge in [-0.2, -0.15) is 0 Å². The summed E-state index contributed by atoms with van der Waals surface area (Å²) in [7, 11) is 0. The van der Waals surface area contributed by atoms with Crippen molar-refractivity contribution >= 4 is 30.8 Å². The molecule has 2 atom stereocenters. The molecule has 0 spiro atoms. The Morgan fingerprint density at radius 1 is 1.36 bits per heavy atom. The summed E-state index contributed by atoms with van der Waals surface area (Å²) >= 11 is 0. The van der Waals surface area contributed by atoms with Crippen LogP contribution >= 0.6 is 24.8 Å². The molecule has 0 bridgehead atoms. The molecule has 2 unspecified atom stereocenters. The van der Waals surface area contributed by atoms with Crippen LogP contribution < -0.4 is 11.5 Å². The molecule has 0 amide bonds. The predicted octanol–water partition coefficient (Wildman–Crippen LogP) is 0.373. The van der Waals surface area contributed by atoms with E-state index in [1.54, 1.807) is 6.92 Å². The van der Waals surface area contributed by atoms with Crippen molar-refractivity contribution in [3.05, 3.63) is 0 Å². The first-order valence-corrected chi connectivity index (χ1v) is 3.74. The summed E-state index contributed by atoms with van der Waals surface area (Å²) in [4.78, 5) is 10.3. The van der Waals surface area contributed by atoms with Gasteiger partial charge in [-0.1, -0.05) is 5.92 Å². The fraction of sp³-hybridized carbons (Fsp3) is 0.625. The monoisotopic (exact) mass is 242 g/mol. The molecule has 6 heteroatoms. The standard InChI is InChI=1S/C8H14N2O2.2ClH/c1-2-3-6(9)4-5-7(10)8(11)12;;/h6-7H,4-5,9-10H2,1H3,(H,11,12);2*1H. The molecular weight excluding hydrogens is 227 g/mol. The largest absolute Gasteiger partial charge is 0.480 e. The normalized spacial score (nSPS) is 12.2. The Morgan fingerprint density at radius 3 is 2.21 bits per heavy atom. The highest BCUT2D eigenvalue weighted by molar-refractivity contribution is 5.85. The number of hydrogen-bond acceptors (Lipinski definition) is 3. The van der Waals surface area contributed by atoms with Gasteiger partial charge in [-0.3, -0.25) is 4.79 Å². The van der Waals surface area contributed by atoms with Gasteiger partial charge in [0.15, 0.2) is 0 Å². The van der Waals surface area contributed by atoms with E-state index in [1.165, 1.54) is 0 Å². The first-order chi connectivity index (χ1) is 5.57. The van der Waals surface area contributed by atoms with Gasteiger partial charge in [0.25, 0.3) is 0 Å². The Bertz CT molecular complexity index is 213. The summed E-state index contributed by atoms with van der Waals surface area (Å²) in [5, 5.41) is 8.42. The number of carboxylic acid groups (broad SMARTS) is 1. The molecular formula is C8H16Cl2N2O2. The fourth-order valence-electron chi connectivity index (χ4n) is 0.740. The van der Waals surface area contributed by atoms with Crippen molar-refractivity contribution in [3.8, 4) is 11.8 Å². The molecule has 0 aliphatic rings. The van der Waals surface area contributed by atoms with Gasteiger partial charge in [0.05, 0.1) is 6.04 Å². The molecule has 0 aromatic carbocycles. The third-order valence-corrected chi connectivity index (χ3v) is 1.44. The van der Waals surface area contributed by atoms with Gasteiger partial charge < -0.3 is 16.6 Å². The minimum atomic E-state index is -0.994. The summed E-state index contributed by atoms with van der Waals surface area (Å²) < 4.78 is 0. The van der Waals surface area contributed by atoms with Crippen LogP contribution in [0.1, 0.15) is 19.8 Å². The maximum atomic E-state index is 10.3. The number of carbonyl (C=O) groups is 1. The van der Waals surface area contributed by atoms with Crippen molar-refractivity contribution < 1.29 is 9.90 Å². The molecule has 0 aromatic heterocycles. The minimum Gasteiger partial charge on any atom is -0.480 e. The Hall–Kier alpha value is -0.470. The van der Waals surface area contributed by atoms with Crippen molar-refractivity contribution in [2.75, 3.05) is 0 Å². The Labute approximate surface area is 96.2 Å². The smallest absolute Gasteiger partial charge is 0.320 e. The predicted molar refractivity (Wildman–Crippen MR) is 60.8 cm³/mol. The second-order valence-electron chi connectivity index (χ2n) is 2.52. The molecule has 5 N–H and O–H groups in total. The average Bonchev–Trinajstić information content (AvgIpc) is 2.00. The van der Waals surface area contributed by atoms with Crippen LogP contribution in [-0.2, 0) is 4.79 Å². The Kier molecular flexibility index (Phi) is 14.5. The zero-order valence-electron chi connectivity index (χ0n) is 7.90. The van der Waals surface area contributed by atoms with Crippen LogP contribution in [0.15, 0.2) is 0 Å². The van der Waals surface area contributed by atoms with E-state index in [9.17, 15) is 4.79 Å². The van der Waals surface area contributed by atoms with Gasteiger partial charge >= 0.3 is 5.97 Å². The maximum Gasteiger partial charge on any atom is 0.320 e. The highest BCUT2D eigenvalue weighted by Crippen LogP contribution is 1.97. The molecule has 84 valence electrons. The van der Waals surface area contributed by atoms with E-state index in [-0.39, 0.29) is 30.9 Å². The zero-order valence-corrected chi connectivity index (χ0v) is 9.53. The number of aliphatic carboxylic acids is 1. The van der Waals surface area contributed by atoms with Crippen molar-refractivity contribution in [2.24, 2.45) is 11.5 Å². The molecule has 0 rings (SSSR count). The molecule has 0 heterocycles. The zero-order chi connectivity index (χ0) is 9.56. The third-order valence-electron chi connectivity index (χ3n) is 1.44. The quantitative estimate of drug-likeness (QED) is 0.622. The fourth-order valence-corrected chi connectivity index (χ4v) is 0.740. The lowest BCUT2D eigenvalue weighted by molar-refractivity contribution is -0.138. The number of rotatable bonds is 4. The lowest BCUT2D eigenvalue weighted by Crippen LogP contribution is -2.32. The van der Waals surface area contributed by atoms with Crippen LogP contribution in [0, 0.1) is 11.8 Å². The summed E-state index contributed by atoms with van der Waals surface area (Å²) in [5.74, 6) is 4.38.